The topological polar surface area (TPSA) is 42.0 Å². The second-order valence-electron chi connectivity index (χ2n) is 4.34. The minimum atomic E-state index is -0.00553. The highest BCUT2D eigenvalue weighted by atomic mass is 32.2. The molecule has 2 aromatic rings. The molecule has 2 rings (SSSR count). The van der Waals surface area contributed by atoms with Gasteiger partial charge in [0.15, 0.2) is 5.13 Å². The maximum atomic E-state index is 11.5. The first-order valence-corrected chi connectivity index (χ1v) is 8.19. The first-order chi connectivity index (χ1) is 9.10. The van der Waals surface area contributed by atoms with Crippen LogP contribution in [-0.2, 0) is 4.79 Å². The Bertz CT molecular complexity index is 593. The van der Waals surface area contributed by atoms with Gasteiger partial charge in [-0.25, -0.2) is 4.98 Å². The van der Waals surface area contributed by atoms with E-state index in [4.69, 9.17) is 0 Å². The van der Waals surface area contributed by atoms with Crippen molar-refractivity contribution in [1.29, 1.82) is 0 Å². The summed E-state index contributed by atoms with van der Waals surface area (Å²) in [5, 5.41) is 5.45. The molecule has 1 heterocycles. The quantitative estimate of drug-likeness (QED) is 0.933. The van der Waals surface area contributed by atoms with Crippen LogP contribution in [0.4, 0.5) is 5.13 Å². The van der Waals surface area contributed by atoms with Gasteiger partial charge >= 0.3 is 0 Å². The molecule has 0 radical (unpaired) electrons. The molecule has 100 valence electrons. The van der Waals surface area contributed by atoms with E-state index in [0.29, 0.717) is 10.9 Å². The van der Waals surface area contributed by atoms with E-state index in [-0.39, 0.29) is 5.91 Å². The number of benzene rings is 1. The average molecular weight is 292 g/mol. The van der Waals surface area contributed by atoms with Crippen molar-refractivity contribution in [3.63, 3.8) is 0 Å². The number of rotatable bonds is 4. The van der Waals surface area contributed by atoms with Crippen LogP contribution in [0.25, 0.3) is 11.3 Å². The van der Waals surface area contributed by atoms with Gasteiger partial charge in [0, 0.05) is 10.9 Å². The predicted octanol–water partition coefficient (Wildman–Crippen LogP) is 3.73. The molecule has 0 atom stereocenters. The predicted molar refractivity (Wildman–Crippen MR) is 84.0 cm³/mol. The largest absolute Gasteiger partial charge is 0.301 e. The summed E-state index contributed by atoms with van der Waals surface area (Å²) >= 11 is 2.96. The summed E-state index contributed by atoms with van der Waals surface area (Å²) in [7, 11) is 0. The molecular formula is C14H16N2OS2. The lowest BCUT2D eigenvalue weighted by Gasteiger charge is -2.03. The molecule has 0 unspecified atom stereocenters. The zero-order valence-corrected chi connectivity index (χ0v) is 12.8. The molecule has 0 spiro atoms. The van der Waals surface area contributed by atoms with E-state index >= 15 is 0 Å². The molecule has 5 heteroatoms. The number of thioether (sulfide) groups is 1. The van der Waals surface area contributed by atoms with E-state index in [9.17, 15) is 4.79 Å². The second kappa shape index (κ2) is 6.21. The van der Waals surface area contributed by atoms with Crippen LogP contribution in [-0.4, -0.2) is 22.9 Å². The van der Waals surface area contributed by atoms with Crippen molar-refractivity contribution in [2.45, 2.75) is 13.8 Å². The third kappa shape index (κ3) is 3.58. The molecule has 19 heavy (non-hydrogen) atoms. The lowest BCUT2D eigenvalue weighted by molar-refractivity contribution is -0.113. The maximum Gasteiger partial charge on any atom is 0.236 e. The number of anilines is 1. The van der Waals surface area contributed by atoms with Crippen LogP contribution in [0.3, 0.4) is 0 Å². The number of nitrogens with zero attached hydrogens (tertiary/aromatic N) is 1. The van der Waals surface area contributed by atoms with E-state index in [1.807, 2.05) is 11.6 Å². The van der Waals surface area contributed by atoms with Crippen LogP contribution in [0.5, 0.6) is 0 Å². The smallest absolute Gasteiger partial charge is 0.236 e. The molecule has 0 aliphatic carbocycles. The van der Waals surface area contributed by atoms with Gasteiger partial charge in [-0.15, -0.1) is 11.3 Å². The molecule has 1 N–H and O–H groups in total. The highest BCUT2D eigenvalue weighted by molar-refractivity contribution is 7.99. The van der Waals surface area contributed by atoms with Crippen LogP contribution in [0.1, 0.15) is 11.1 Å². The Morgan fingerprint density at radius 3 is 2.89 bits per heavy atom. The lowest BCUT2D eigenvalue weighted by Crippen LogP contribution is -2.13. The van der Waals surface area contributed by atoms with Gasteiger partial charge in [0.2, 0.25) is 5.91 Å². The first-order valence-electron chi connectivity index (χ1n) is 5.92. The van der Waals surface area contributed by atoms with E-state index in [1.54, 1.807) is 0 Å². The zero-order chi connectivity index (χ0) is 13.8. The highest BCUT2D eigenvalue weighted by Gasteiger charge is 2.09. The molecule has 0 saturated heterocycles. The number of hydrogen-bond donors (Lipinski definition) is 1. The number of aromatic nitrogens is 1. The molecule has 1 amide bonds. The van der Waals surface area contributed by atoms with Crippen molar-refractivity contribution in [2.24, 2.45) is 0 Å². The standard InChI is InChI=1S/C14H16N2OS2/c1-9-4-5-11(10(2)6-9)12-7-19-14(15-12)16-13(17)8-18-3/h4-7H,8H2,1-3H3,(H,15,16,17). The molecule has 1 aromatic heterocycles. The third-order valence-corrected chi connectivity index (χ3v) is 3.99. The number of amides is 1. The van der Waals surface area contributed by atoms with Crippen molar-refractivity contribution in [3.8, 4) is 11.3 Å². The number of carbonyl (C=O) groups is 1. The molecule has 0 fully saturated rings. The summed E-state index contributed by atoms with van der Waals surface area (Å²) in [5.74, 6) is 0.451. The fraction of sp³-hybridized carbons (Fsp3) is 0.286. The minimum Gasteiger partial charge on any atom is -0.301 e. The van der Waals surface area contributed by atoms with Crippen LogP contribution in [0.15, 0.2) is 23.6 Å². The van der Waals surface area contributed by atoms with Gasteiger partial charge in [-0.1, -0.05) is 23.8 Å². The SMILES string of the molecule is CSCC(=O)Nc1nc(-c2ccc(C)cc2C)cs1. The number of nitrogens with one attached hydrogen (secondary N) is 1. The number of carbonyl (C=O) groups excluding carboxylic acids is 1. The summed E-state index contributed by atoms with van der Waals surface area (Å²) in [4.78, 5) is 16.0. The molecule has 1 aromatic carbocycles. The van der Waals surface area contributed by atoms with Crippen molar-refractivity contribution >= 4 is 34.1 Å². The third-order valence-electron chi connectivity index (χ3n) is 2.68. The molecule has 0 aliphatic heterocycles. The second-order valence-corrected chi connectivity index (χ2v) is 6.06. The van der Waals surface area contributed by atoms with Crippen molar-refractivity contribution in [3.05, 3.63) is 34.7 Å². The molecule has 0 bridgehead atoms. The van der Waals surface area contributed by atoms with E-state index in [2.05, 4.69) is 42.3 Å². The number of thiazole rings is 1. The van der Waals surface area contributed by atoms with Crippen molar-refractivity contribution < 1.29 is 4.79 Å². The van der Waals surface area contributed by atoms with Crippen LogP contribution >= 0.6 is 23.1 Å². The Morgan fingerprint density at radius 2 is 2.21 bits per heavy atom. The van der Waals surface area contributed by atoms with Gasteiger partial charge in [-0.05, 0) is 25.7 Å². The monoisotopic (exact) mass is 292 g/mol. The Labute approximate surface area is 121 Å². The van der Waals surface area contributed by atoms with Gasteiger partial charge in [0.25, 0.3) is 0 Å². The maximum absolute atomic E-state index is 11.5. The van der Waals surface area contributed by atoms with Gasteiger partial charge in [-0.2, -0.15) is 11.8 Å². The number of hydrogen-bond acceptors (Lipinski definition) is 4. The summed E-state index contributed by atoms with van der Waals surface area (Å²) in [5.41, 5.74) is 4.48. The summed E-state index contributed by atoms with van der Waals surface area (Å²) in [6.45, 7) is 4.15. The Balaban J connectivity index is 2.18. The Kier molecular flexibility index (Phi) is 4.61. The summed E-state index contributed by atoms with van der Waals surface area (Å²) < 4.78 is 0. The summed E-state index contributed by atoms with van der Waals surface area (Å²) in [6, 6.07) is 6.29. The number of aryl methyl sites for hydroxylation is 2. The molecule has 3 nitrogen and oxygen atoms in total. The molecular weight excluding hydrogens is 276 g/mol. The van der Waals surface area contributed by atoms with Crippen molar-refractivity contribution in [2.75, 3.05) is 17.3 Å². The summed E-state index contributed by atoms with van der Waals surface area (Å²) in [6.07, 6.45) is 1.91. The Hall–Kier alpha value is -1.33. The molecule has 0 aliphatic rings. The minimum absolute atomic E-state index is 0.00553. The van der Waals surface area contributed by atoms with E-state index < -0.39 is 0 Å². The van der Waals surface area contributed by atoms with Gasteiger partial charge in [0.1, 0.15) is 0 Å². The van der Waals surface area contributed by atoms with Crippen molar-refractivity contribution in [1.82, 2.24) is 4.98 Å². The van der Waals surface area contributed by atoms with E-state index in [1.165, 1.54) is 34.2 Å². The van der Waals surface area contributed by atoms with Gasteiger partial charge < -0.3 is 5.32 Å². The first kappa shape index (κ1) is 14.1. The fourth-order valence-corrected chi connectivity index (χ4v) is 2.90. The zero-order valence-electron chi connectivity index (χ0n) is 11.2. The fourth-order valence-electron chi connectivity index (χ4n) is 1.84. The Morgan fingerprint density at radius 1 is 1.42 bits per heavy atom. The van der Waals surface area contributed by atoms with E-state index in [0.717, 1.165) is 11.3 Å². The van der Waals surface area contributed by atoms with Crippen LogP contribution < -0.4 is 5.32 Å². The normalized spacial score (nSPS) is 10.5. The highest BCUT2D eigenvalue weighted by Crippen LogP contribution is 2.27. The average Bonchev–Trinajstić information content (AvgIpc) is 2.77. The van der Waals surface area contributed by atoms with Gasteiger partial charge in [-0.3, -0.25) is 4.79 Å². The van der Waals surface area contributed by atoms with Crippen LogP contribution in [0, 0.1) is 13.8 Å². The lowest BCUT2D eigenvalue weighted by atomic mass is 10.0. The van der Waals surface area contributed by atoms with Crippen LogP contribution in [0.2, 0.25) is 0 Å². The van der Waals surface area contributed by atoms with Gasteiger partial charge in [0.05, 0.1) is 11.4 Å². The molecule has 0 saturated carbocycles.